The molecule has 2 aromatic rings. The minimum absolute atomic E-state index is 0.146. The molecule has 1 atom stereocenters. The first-order valence-electron chi connectivity index (χ1n) is 4.24. The first kappa shape index (κ1) is 8.13. The molecule has 0 aliphatic rings. The summed E-state index contributed by atoms with van der Waals surface area (Å²) in [5.41, 5.74) is 7.48. The summed E-state index contributed by atoms with van der Waals surface area (Å²) in [6.45, 7) is 1.85. The van der Waals surface area contributed by atoms with Gasteiger partial charge in [0.1, 0.15) is 5.75 Å². The topological polar surface area (TPSA) is 62.0 Å². The van der Waals surface area contributed by atoms with E-state index in [1.165, 1.54) is 0 Å². The maximum absolute atomic E-state index is 9.60. The third kappa shape index (κ3) is 1.27. The Balaban J connectivity index is 2.69. The van der Waals surface area contributed by atoms with E-state index in [2.05, 4.69) is 4.98 Å². The minimum Gasteiger partial charge on any atom is -0.508 e. The zero-order valence-corrected chi connectivity index (χ0v) is 7.41. The molecule has 0 radical (unpaired) electrons. The largest absolute Gasteiger partial charge is 0.508 e. The molecule has 68 valence electrons. The highest BCUT2D eigenvalue weighted by Gasteiger charge is 2.07. The fraction of sp³-hybridized carbons (Fsp3) is 0.200. The predicted octanol–water partition coefficient (Wildman–Crippen LogP) is 1.89. The molecule has 1 aromatic heterocycles. The maximum atomic E-state index is 9.60. The van der Waals surface area contributed by atoms with Gasteiger partial charge in [0.25, 0.3) is 0 Å². The molecule has 0 unspecified atom stereocenters. The third-order valence-corrected chi connectivity index (χ3v) is 2.19. The zero-order valence-electron chi connectivity index (χ0n) is 7.41. The smallest absolute Gasteiger partial charge is 0.121 e. The number of hydrogen-bond donors (Lipinski definition) is 3. The number of phenolic OH excluding ortho intramolecular Hbond substituents is 1. The van der Waals surface area contributed by atoms with Crippen LogP contribution in [0.5, 0.6) is 5.75 Å². The third-order valence-electron chi connectivity index (χ3n) is 2.19. The second-order valence-electron chi connectivity index (χ2n) is 3.26. The summed E-state index contributed by atoms with van der Waals surface area (Å²) < 4.78 is 0. The van der Waals surface area contributed by atoms with Crippen molar-refractivity contribution in [3.63, 3.8) is 0 Å². The molecule has 4 N–H and O–H groups in total. The average molecular weight is 176 g/mol. The van der Waals surface area contributed by atoms with Crippen LogP contribution in [-0.4, -0.2) is 10.1 Å². The van der Waals surface area contributed by atoms with E-state index >= 15 is 0 Å². The SMILES string of the molecule is C[C@H](N)c1cc2[nH]ccc2cc1O. The molecular formula is C10H12N2O. The molecule has 2 rings (SSSR count). The summed E-state index contributed by atoms with van der Waals surface area (Å²) >= 11 is 0. The molecule has 1 heterocycles. The number of benzene rings is 1. The van der Waals surface area contributed by atoms with Crippen LogP contribution in [0.4, 0.5) is 0 Å². The number of aromatic amines is 1. The lowest BCUT2D eigenvalue weighted by Gasteiger charge is -2.07. The van der Waals surface area contributed by atoms with Gasteiger partial charge in [-0.3, -0.25) is 0 Å². The highest BCUT2D eigenvalue weighted by atomic mass is 16.3. The van der Waals surface area contributed by atoms with Gasteiger partial charge in [-0.2, -0.15) is 0 Å². The second kappa shape index (κ2) is 2.78. The van der Waals surface area contributed by atoms with Crippen LogP contribution in [0.2, 0.25) is 0 Å². The summed E-state index contributed by atoms with van der Waals surface area (Å²) in [6, 6.07) is 5.38. The normalized spacial score (nSPS) is 13.4. The molecule has 0 saturated heterocycles. The van der Waals surface area contributed by atoms with Crippen LogP contribution in [-0.2, 0) is 0 Å². The van der Waals surface area contributed by atoms with E-state index < -0.39 is 0 Å². The number of phenols is 1. The number of rotatable bonds is 1. The Hall–Kier alpha value is -1.48. The molecule has 0 amide bonds. The fourth-order valence-electron chi connectivity index (χ4n) is 1.47. The van der Waals surface area contributed by atoms with Crippen LogP contribution in [0.3, 0.4) is 0 Å². The molecule has 0 aliphatic heterocycles. The van der Waals surface area contributed by atoms with Gasteiger partial charge < -0.3 is 15.8 Å². The van der Waals surface area contributed by atoms with Gasteiger partial charge >= 0.3 is 0 Å². The quantitative estimate of drug-likeness (QED) is 0.621. The van der Waals surface area contributed by atoms with Gasteiger partial charge in [-0.15, -0.1) is 0 Å². The monoisotopic (exact) mass is 176 g/mol. The Labute approximate surface area is 76.2 Å². The van der Waals surface area contributed by atoms with Crippen LogP contribution in [0, 0.1) is 0 Å². The Kier molecular flexibility index (Phi) is 1.74. The van der Waals surface area contributed by atoms with Crippen molar-refractivity contribution >= 4 is 10.9 Å². The van der Waals surface area contributed by atoms with Crippen molar-refractivity contribution in [3.05, 3.63) is 30.0 Å². The van der Waals surface area contributed by atoms with Crippen LogP contribution in [0.15, 0.2) is 24.4 Å². The number of aromatic hydroxyl groups is 1. The van der Waals surface area contributed by atoms with E-state index in [-0.39, 0.29) is 11.8 Å². The summed E-state index contributed by atoms with van der Waals surface area (Å²) in [5, 5.41) is 10.6. The fourth-order valence-corrected chi connectivity index (χ4v) is 1.47. The molecule has 0 fully saturated rings. The lowest BCUT2D eigenvalue weighted by Crippen LogP contribution is -2.04. The molecule has 0 bridgehead atoms. The van der Waals surface area contributed by atoms with Crippen molar-refractivity contribution in [2.45, 2.75) is 13.0 Å². The number of aromatic nitrogens is 1. The van der Waals surface area contributed by atoms with Crippen LogP contribution in [0.25, 0.3) is 10.9 Å². The van der Waals surface area contributed by atoms with E-state index in [1.807, 2.05) is 25.3 Å². The van der Waals surface area contributed by atoms with E-state index in [0.717, 1.165) is 16.5 Å². The number of fused-ring (bicyclic) bond motifs is 1. The Bertz CT molecular complexity index is 431. The van der Waals surface area contributed by atoms with Gasteiger partial charge in [0.2, 0.25) is 0 Å². The van der Waals surface area contributed by atoms with Gasteiger partial charge in [0, 0.05) is 28.7 Å². The van der Waals surface area contributed by atoms with E-state index in [1.54, 1.807) is 6.07 Å². The average Bonchev–Trinajstić information content (AvgIpc) is 2.48. The summed E-state index contributed by atoms with van der Waals surface area (Å²) in [6.07, 6.45) is 1.84. The summed E-state index contributed by atoms with van der Waals surface area (Å²) in [7, 11) is 0. The minimum atomic E-state index is -0.146. The first-order valence-corrected chi connectivity index (χ1v) is 4.24. The van der Waals surface area contributed by atoms with Crippen LogP contribution < -0.4 is 5.73 Å². The first-order chi connectivity index (χ1) is 6.18. The summed E-state index contributed by atoms with van der Waals surface area (Å²) in [4.78, 5) is 3.08. The van der Waals surface area contributed by atoms with Crippen molar-refractivity contribution in [3.8, 4) is 5.75 Å². The number of hydrogen-bond acceptors (Lipinski definition) is 2. The van der Waals surface area contributed by atoms with Crippen LogP contribution in [0.1, 0.15) is 18.5 Å². The molecule has 3 nitrogen and oxygen atoms in total. The van der Waals surface area contributed by atoms with Crippen LogP contribution >= 0.6 is 0 Å². The number of nitrogens with two attached hydrogens (primary N) is 1. The van der Waals surface area contributed by atoms with Crippen molar-refractivity contribution in [2.24, 2.45) is 5.73 Å². The molecule has 13 heavy (non-hydrogen) atoms. The highest BCUT2D eigenvalue weighted by Crippen LogP contribution is 2.27. The van der Waals surface area contributed by atoms with Crippen molar-refractivity contribution in [1.82, 2.24) is 4.98 Å². The number of nitrogens with one attached hydrogen (secondary N) is 1. The van der Waals surface area contributed by atoms with E-state index in [0.29, 0.717) is 0 Å². The van der Waals surface area contributed by atoms with Crippen molar-refractivity contribution in [2.75, 3.05) is 0 Å². The Morgan fingerprint density at radius 3 is 2.92 bits per heavy atom. The molecule has 0 saturated carbocycles. The molecule has 3 heteroatoms. The van der Waals surface area contributed by atoms with Gasteiger partial charge in [-0.1, -0.05) is 0 Å². The molecule has 0 aliphatic carbocycles. The number of H-pyrrole nitrogens is 1. The Morgan fingerprint density at radius 2 is 2.23 bits per heavy atom. The summed E-state index contributed by atoms with van der Waals surface area (Å²) in [5.74, 6) is 0.266. The van der Waals surface area contributed by atoms with Gasteiger partial charge in [0.15, 0.2) is 0 Å². The van der Waals surface area contributed by atoms with E-state index in [4.69, 9.17) is 5.73 Å². The highest BCUT2D eigenvalue weighted by molar-refractivity contribution is 5.82. The lowest BCUT2D eigenvalue weighted by molar-refractivity contribution is 0.465. The lowest BCUT2D eigenvalue weighted by atomic mass is 10.1. The van der Waals surface area contributed by atoms with Crippen molar-refractivity contribution < 1.29 is 5.11 Å². The van der Waals surface area contributed by atoms with Gasteiger partial charge in [0.05, 0.1) is 0 Å². The maximum Gasteiger partial charge on any atom is 0.121 e. The van der Waals surface area contributed by atoms with Gasteiger partial charge in [-0.25, -0.2) is 0 Å². The Morgan fingerprint density at radius 1 is 1.46 bits per heavy atom. The molecular weight excluding hydrogens is 164 g/mol. The molecule has 1 aromatic carbocycles. The van der Waals surface area contributed by atoms with Gasteiger partial charge in [-0.05, 0) is 25.1 Å². The standard InChI is InChI=1S/C10H12N2O/c1-6(11)8-5-9-7(2-3-12-9)4-10(8)13/h2-6,12-13H,11H2,1H3/t6-/m0/s1. The second-order valence-corrected chi connectivity index (χ2v) is 3.26. The van der Waals surface area contributed by atoms with E-state index in [9.17, 15) is 5.11 Å². The molecule has 0 spiro atoms. The predicted molar refractivity (Wildman–Crippen MR) is 52.6 cm³/mol. The zero-order chi connectivity index (χ0) is 9.42. The van der Waals surface area contributed by atoms with Crippen molar-refractivity contribution in [1.29, 1.82) is 0 Å².